The normalized spacial score (nSPS) is 11.5. The fourth-order valence-electron chi connectivity index (χ4n) is 4.57. The molecule has 0 saturated carbocycles. The number of rotatable bonds is 30. The molecule has 0 unspecified atom stereocenters. The SMILES string of the molecule is CCCCCCCCCCCCCC[O][Ti](=[O])[O]P(CCCCCCCC)CCCCCCCC. The fourth-order valence-corrected chi connectivity index (χ4v) is 8.97. The summed E-state index contributed by atoms with van der Waals surface area (Å²) in [6, 6.07) is 0. The van der Waals surface area contributed by atoms with Gasteiger partial charge in [0.2, 0.25) is 0 Å². The van der Waals surface area contributed by atoms with Gasteiger partial charge < -0.3 is 0 Å². The maximum absolute atomic E-state index is 12.5. The van der Waals surface area contributed by atoms with Crippen LogP contribution >= 0.6 is 8.15 Å². The van der Waals surface area contributed by atoms with Gasteiger partial charge in [0, 0.05) is 0 Å². The summed E-state index contributed by atoms with van der Waals surface area (Å²) < 4.78 is 24.3. The van der Waals surface area contributed by atoms with Gasteiger partial charge in [-0.15, -0.1) is 0 Å². The van der Waals surface area contributed by atoms with Crippen LogP contribution in [0.3, 0.4) is 0 Å². The van der Waals surface area contributed by atoms with Gasteiger partial charge in [0.05, 0.1) is 0 Å². The second kappa shape index (κ2) is 31.1. The molecular weight excluding hydrogens is 487 g/mol. The average molecular weight is 551 g/mol. The maximum atomic E-state index is 12.5. The van der Waals surface area contributed by atoms with Crippen molar-refractivity contribution in [1.82, 2.24) is 0 Å². The Hall–Kier alpha value is 0.864. The molecule has 0 rings (SSSR count). The quantitative estimate of drug-likeness (QED) is 0.0507. The summed E-state index contributed by atoms with van der Waals surface area (Å²) in [5.74, 6) is 0. The Kier molecular flexibility index (Phi) is 31.9. The van der Waals surface area contributed by atoms with E-state index in [4.69, 9.17) is 6.42 Å². The monoisotopic (exact) mass is 550 g/mol. The summed E-state index contributed by atoms with van der Waals surface area (Å²) in [6.45, 7) is 7.45. The fraction of sp³-hybridized carbons (Fsp3) is 1.00. The van der Waals surface area contributed by atoms with Crippen LogP contribution in [0.2, 0.25) is 0 Å². The van der Waals surface area contributed by atoms with Crippen LogP contribution in [0.15, 0.2) is 0 Å². The molecule has 5 heteroatoms. The van der Waals surface area contributed by atoms with Crippen LogP contribution in [0.4, 0.5) is 0 Å². The molecule has 0 aromatic heterocycles. The van der Waals surface area contributed by atoms with Crippen LogP contribution in [0.25, 0.3) is 0 Å². The molecule has 0 heterocycles. The summed E-state index contributed by atoms with van der Waals surface area (Å²) in [4.78, 5) is 0. The third-order valence-corrected chi connectivity index (χ3v) is 11.6. The van der Waals surface area contributed by atoms with Gasteiger partial charge in [-0.2, -0.15) is 0 Å². The summed E-state index contributed by atoms with van der Waals surface area (Å²) in [5.41, 5.74) is 0. The number of hydrogen-bond donors (Lipinski definition) is 0. The molecule has 3 nitrogen and oxygen atoms in total. The molecule has 0 amide bonds. The van der Waals surface area contributed by atoms with E-state index in [-0.39, 0.29) is 0 Å². The van der Waals surface area contributed by atoms with Crippen LogP contribution in [-0.4, -0.2) is 18.9 Å². The van der Waals surface area contributed by atoms with Gasteiger partial charge in [-0.25, -0.2) is 0 Å². The predicted molar refractivity (Wildman–Crippen MR) is 152 cm³/mol. The van der Waals surface area contributed by atoms with E-state index >= 15 is 0 Å². The van der Waals surface area contributed by atoms with Gasteiger partial charge in [-0.1, -0.05) is 19.8 Å². The molecule has 0 aliphatic rings. The van der Waals surface area contributed by atoms with Gasteiger partial charge >= 0.3 is 211 Å². The van der Waals surface area contributed by atoms with Crippen molar-refractivity contribution < 1.29 is 28.4 Å². The van der Waals surface area contributed by atoms with Crippen LogP contribution < -0.4 is 0 Å². The zero-order valence-corrected chi connectivity index (χ0v) is 26.7. The third kappa shape index (κ3) is 29.3. The van der Waals surface area contributed by atoms with Crippen molar-refractivity contribution in [2.45, 2.75) is 175 Å². The van der Waals surface area contributed by atoms with Gasteiger partial charge in [0.15, 0.2) is 0 Å². The van der Waals surface area contributed by atoms with E-state index in [1.54, 1.807) is 0 Å². The molecule has 0 spiro atoms. The van der Waals surface area contributed by atoms with Crippen LogP contribution in [-0.2, 0) is 28.4 Å². The Morgan fingerprint density at radius 3 is 1.14 bits per heavy atom. The zero-order valence-electron chi connectivity index (χ0n) is 24.3. The van der Waals surface area contributed by atoms with Crippen LogP contribution in [0.1, 0.15) is 175 Å². The molecule has 0 aromatic rings. The van der Waals surface area contributed by atoms with Crippen molar-refractivity contribution in [2.24, 2.45) is 0 Å². The molecule has 0 aliphatic heterocycles. The molecule has 210 valence electrons. The van der Waals surface area contributed by atoms with Gasteiger partial charge in [0.25, 0.3) is 0 Å². The van der Waals surface area contributed by atoms with Crippen molar-refractivity contribution >= 4 is 8.15 Å². The molecule has 0 bridgehead atoms. The van der Waals surface area contributed by atoms with E-state index in [0.717, 1.165) is 18.7 Å². The number of unbranched alkanes of at least 4 members (excludes halogenated alkanes) is 21. The van der Waals surface area contributed by atoms with E-state index < -0.39 is 26.8 Å². The Bertz CT molecular complexity index is 406. The van der Waals surface area contributed by atoms with Crippen molar-refractivity contribution in [3.8, 4) is 0 Å². The molecular formula is C30H63O3PTi. The predicted octanol–water partition coefficient (Wildman–Crippen LogP) is 11.6. The zero-order chi connectivity index (χ0) is 25.7. The van der Waals surface area contributed by atoms with Gasteiger partial charge in [0.1, 0.15) is 0 Å². The van der Waals surface area contributed by atoms with Crippen molar-refractivity contribution in [3.05, 3.63) is 0 Å². The van der Waals surface area contributed by atoms with Crippen molar-refractivity contribution in [3.63, 3.8) is 0 Å². The van der Waals surface area contributed by atoms with Gasteiger partial charge in [-0.05, 0) is 0 Å². The summed E-state index contributed by atoms with van der Waals surface area (Å²) in [7, 11) is -0.554. The van der Waals surface area contributed by atoms with E-state index in [9.17, 15) is 3.32 Å². The van der Waals surface area contributed by atoms with Gasteiger partial charge in [-0.3, -0.25) is 0 Å². The minimum absolute atomic E-state index is 0.554. The first kappa shape index (κ1) is 35.9. The molecule has 0 aliphatic carbocycles. The van der Waals surface area contributed by atoms with E-state index in [2.05, 4.69) is 20.8 Å². The Labute approximate surface area is 229 Å². The Balaban J connectivity index is 3.83. The second-order valence-corrected chi connectivity index (χ2v) is 14.7. The van der Waals surface area contributed by atoms with Crippen LogP contribution in [0.5, 0.6) is 0 Å². The van der Waals surface area contributed by atoms with E-state index in [1.807, 2.05) is 0 Å². The van der Waals surface area contributed by atoms with Crippen molar-refractivity contribution in [1.29, 1.82) is 0 Å². The molecule has 0 radical (unpaired) electrons. The van der Waals surface area contributed by atoms with Crippen molar-refractivity contribution in [2.75, 3.05) is 18.9 Å². The van der Waals surface area contributed by atoms with Crippen LogP contribution in [0, 0.1) is 0 Å². The number of hydrogen-bond acceptors (Lipinski definition) is 3. The van der Waals surface area contributed by atoms with E-state index in [0.29, 0.717) is 6.61 Å². The second-order valence-electron chi connectivity index (χ2n) is 10.5. The topological polar surface area (TPSA) is 35.5 Å². The van der Waals surface area contributed by atoms with E-state index in [1.165, 1.54) is 148 Å². The molecule has 0 fully saturated rings. The molecule has 0 N–H and O–H groups in total. The Morgan fingerprint density at radius 1 is 0.457 bits per heavy atom. The average Bonchev–Trinajstić information content (AvgIpc) is 2.86. The third-order valence-electron chi connectivity index (χ3n) is 6.94. The summed E-state index contributed by atoms with van der Waals surface area (Å²) in [6.07, 6.45) is 34.1. The minimum atomic E-state index is -3.00. The molecule has 35 heavy (non-hydrogen) atoms. The summed E-state index contributed by atoms with van der Waals surface area (Å²) in [5, 5.41) is 0. The first-order valence-corrected chi connectivity index (χ1v) is 19.4. The Morgan fingerprint density at radius 2 is 0.771 bits per heavy atom. The standard InChI is InChI=1S/C16H34OP.C14H29O.O.Ti/c1-3-5-7-9-11-13-15-18(17)16-14-12-10-8-6-4-2;1-2-3-4-5-6-7-8-9-10-11-12-13-14-15;;/h3-16H2,1-2H3;2-14H2,1H3;;/q2*-1;;+2. The molecule has 0 atom stereocenters. The first-order valence-electron chi connectivity index (χ1n) is 15.8. The molecule has 0 saturated heterocycles. The first-order chi connectivity index (χ1) is 17.2. The summed E-state index contributed by atoms with van der Waals surface area (Å²) >= 11 is -3.00. The molecule has 0 aromatic carbocycles.